The van der Waals surface area contributed by atoms with Crippen molar-refractivity contribution < 1.29 is 14.3 Å². The fourth-order valence-electron chi connectivity index (χ4n) is 1.69. The standard InChI is InChI=1S/C11H8Cl2O3/c1-5-9(14)11(15)16-10(5)8-6(12)3-2-4-7(8)13/h2-5,10H,1H3. The second-order valence-corrected chi connectivity index (χ2v) is 4.43. The second kappa shape index (κ2) is 4.07. The highest BCUT2D eigenvalue weighted by Gasteiger charge is 2.42. The molecule has 1 heterocycles. The van der Waals surface area contributed by atoms with E-state index in [-0.39, 0.29) is 0 Å². The van der Waals surface area contributed by atoms with E-state index < -0.39 is 23.8 Å². The maximum absolute atomic E-state index is 11.4. The number of ketones is 1. The molecule has 0 N–H and O–H groups in total. The van der Waals surface area contributed by atoms with Crippen molar-refractivity contribution in [3.8, 4) is 0 Å². The number of ether oxygens (including phenoxy) is 1. The number of rotatable bonds is 1. The van der Waals surface area contributed by atoms with Gasteiger partial charge in [-0.2, -0.15) is 0 Å². The van der Waals surface area contributed by atoms with Crippen LogP contribution in [0, 0.1) is 5.92 Å². The lowest BCUT2D eigenvalue weighted by atomic mass is 9.96. The van der Waals surface area contributed by atoms with Crippen molar-refractivity contribution in [3.05, 3.63) is 33.8 Å². The van der Waals surface area contributed by atoms with E-state index in [1.54, 1.807) is 25.1 Å². The summed E-state index contributed by atoms with van der Waals surface area (Å²) < 4.78 is 4.98. The molecule has 16 heavy (non-hydrogen) atoms. The van der Waals surface area contributed by atoms with Gasteiger partial charge in [0.2, 0.25) is 5.78 Å². The summed E-state index contributed by atoms with van der Waals surface area (Å²) in [6, 6.07) is 4.98. The summed E-state index contributed by atoms with van der Waals surface area (Å²) in [5.74, 6) is -1.92. The van der Waals surface area contributed by atoms with Crippen LogP contribution in [0.5, 0.6) is 0 Å². The average Bonchev–Trinajstić information content (AvgIpc) is 2.47. The van der Waals surface area contributed by atoms with Gasteiger partial charge in [-0.1, -0.05) is 36.2 Å². The lowest BCUT2D eigenvalue weighted by Gasteiger charge is -2.15. The molecule has 0 saturated carbocycles. The predicted octanol–water partition coefficient (Wildman–Crippen LogP) is 2.80. The molecular weight excluding hydrogens is 251 g/mol. The summed E-state index contributed by atoms with van der Waals surface area (Å²) in [4.78, 5) is 22.5. The van der Waals surface area contributed by atoms with E-state index in [0.717, 1.165) is 0 Å². The number of cyclic esters (lactones) is 1. The van der Waals surface area contributed by atoms with Gasteiger partial charge in [0.15, 0.2) is 0 Å². The van der Waals surface area contributed by atoms with Crippen molar-refractivity contribution >= 4 is 35.0 Å². The zero-order chi connectivity index (χ0) is 11.9. The fourth-order valence-corrected chi connectivity index (χ4v) is 2.30. The Balaban J connectivity index is 2.46. The van der Waals surface area contributed by atoms with Crippen molar-refractivity contribution in [2.45, 2.75) is 13.0 Å². The van der Waals surface area contributed by atoms with Gasteiger partial charge in [0, 0.05) is 15.6 Å². The first kappa shape index (κ1) is 11.4. The van der Waals surface area contributed by atoms with Crippen LogP contribution in [-0.4, -0.2) is 11.8 Å². The van der Waals surface area contributed by atoms with E-state index in [1.807, 2.05) is 0 Å². The minimum Gasteiger partial charge on any atom is -0.451 e. The molecule has 0 spiro atoms. The zero-order valence-electron chi connectivity index (χ0n) is 8.37. The summed E-state index contributed by atoms with van der Waals surface area (Å²) >= 11 is 12.0. The van der Waals surface area contributed by atoms with Gasteiger partial charge in [0.25, 0.3) is 0 Å². The van der Waals surface area contributed by atoms with Crippen LogP contribution < -0.4 is 0 Å². The summed E-state index contributed by atoms with van der Waals surface area (Å²) in [5, 5.41) is 0.790. The molecule has 0 bridgehead atoms. The van der Waals surface area contributed by atoms with Crippen LogP contribution >= 0.6 is 23.2 Å². The molecule has 2 unspecified atom stereocenters. The molecule has 5 heteroatoms. The topological polar surface area (TPSA) is 43.4 Å². The average molecular weight is 259 g/mol. The van der Waals surface area contributed by atoms with E-state index in [2.05, 4.69) is 0 Å². The van der Waals surface area contributed by atoms with E-state index in [0.29, 0.717) is 15.6 Å². The third kappa shape index (κ3) is 1.70. The lowest BCUT2D eigenvalue weighted by Crippen LogP contribution is -2.12. The van der Waals surface area contributed by atoms with Gasteiger partial charge in [0.05, 0.1) is 5.92 Å². The SMILES string of the molecule is CC1C(=O)C(=O)OC1c1c(Cl)cccc1Cl. The van der Waals surface area contributed by atoms with E-state index in [4.69, 9.17) is 27.9 Å². The Labute approximate surface area is 102 Å². The minimum absolute atomic E-state index is 0.395. The quantitative estimate of drug-likeness (QED) is 0.575. The number of benzene rings is 1. The van der Waals surface area contributed by atoms with E-state index >= 15 is 0 Å². The molecule has 3 nitrogen and oxygen atoms in total. The molecule has 0 radical (unpaired) electrons. The van der Waals surface area contributed by atoms with Gasteiger partial charge in [-0.3, -0.25) is 4.79 Å². The van der Waals surface area contributed by atoms with Crippen LogP contribution in [0.4, 0.5) is 0 Å². The summed E-state index contributed by atoms with van der Waals surface area (Å²) in [5.41, 5.74) is 0.498. The Hall–Kier alpha value is -1.06. The highest BCUT2D eigenvalue weighted by atomic mass is 35.5. The van der Waals surface area contributed by atoms with Crippen LogP contribution in [0.2, 0.25) is 10.0 Å². The maximum atomic E-state index is 11.4. The van der Waals surface area contributed by atoms with Gasteiger partial charge in [-0.25, -0.2) is 4.79 Å². The smallest absolute Gasteiger partial charge is 0.375 e. The van der Waals surface area contributed by atoms with Crippen LogP contribution in [0.1, 0.15) is 18.6 Å². The van der Waals surface area contributed by atoms with Gasteiger partial charge in [-0.15, -0.1) is 0 Å². The molecule has 1 aromatic rings. The molecule has 0 aliphatic carbocycles. The lowest BCUT2D eigenvalue weighted by molar-refractivity contribution is -0.149. The minimum atomic E-state index is -0.825. The van der Waals surface area contributed by atoms with Crippen molar-refractivity contribution in [2.75, 3.05) is 0 Å². The fraction of sp³-hybridized carbons (Fsp3) is 0.273. The molecule has 84 valence electrons. The molecule has 1 saturated heterocycles. The third-order valence-corrected chi connectivity index (χ3v) is 3.25. The van der Waals surface area contributed by atoms with Crippen LogP contribution in [-0.2, 0) is 14.3 Å². The number of Topliss-reactive ketones (excluding diaryl/α,β-unsaturated/α-hetero) is 1. The van der Waals surface area contributed by atoms with Gasteiger partial charge in [-0.05, 0) is 12.1 Å². The number of carbonyl (C=O) groups is 2. The van der Waals surface area contributed by atoms with Crippen molar-refractivity contribution in [1.82, 2.24) is 0 Å². The van der Waals surface area contributed by atoms with Crippen LogP contribution in [0.3, 0.4) is 0 Å². The number of hydrogen-bond donors (Lipinski definition) is 0. The number of halogens is 2. The highest BCUT2D eigenvalue weighted by Crippen LogP contribution is 2.40. The van der Waals surface area contributed by atoms with Gasteiger partial charge >= 0.3 is 5.97 Å². The zero-order valence-corrected chi connectivity index (χ0v) is 9.88. The molecule has 1 fully saturated rings. The molecule has 1 aliphatic rings. The Morgan fingerprint density at radius 1 is 1.19 bits per heavy atom. The Morgan fingerprint density at radius 2 is 1.75 bits per heavy atom. The monoisotopic (exact) mass is 258 g/mol. The summed E-state index contributed by atoms with van der Waals surface area (Å²) in [6.45, 7) is 1.62. The Kier molecular flexibility index (Phi) is 2.91. The van der Waals surface area contributed by atoms with Crippen LogP contribution in [0.25, 0.3) is 0 Å². The van der Waals surface area contributed by atoms with Crippen LogP contribution in [0.15, 0.2) is 18.2 Å². The van der Waals surface area contributed by atoms with Gasteiger partial charge in [0.1, 0.15) is 6.10 Å². The summed E-state index contributed by atoms with van der Waals surface area (Å²) in [7, 11) is 0. The first-order chi connectivity index (χ1) is 7.52. The first-order valence-corrected chi connectivity index (χ1v) is 5.46. The molecule has 1 aliphatic heterocycles. The molecule has 2 atom stereocenters. The molecule has 2 rings (SSSR count). The Bertz CT molecular complexity index is 450. The number of hydrogen-bond acceptors (Lipinski definition) is 3. The van der Waals surface area contributed by atoms with Crippen molar-refractivity contribution in [2.24, 2.45) is 5.92 Å². The first-order valence-electron chi connectivity index (χ1n) is 4.71. The third-order valence-electron chi connectivity index (χ3n) is 2.59. The highest BCUT2D eigenvalue weighted by molar-refractivity contribution is 6.38. The maximum Gasteiger partial charge on any atom is 0.375 e. The second-order valence-electron chi connectivity index (χ2n) is 3.61. The number of esters is 1. The molecular formula is C11H8Cl2O3. The number of carbonyl (C=O) groups excluding carboxylic acids is 2. The van der Waals surface area contributed by atoms with Gasteiger partial charge < -0.3 is 4.74 Å². The van der Waals surface area contributed by atoms with E-state index in [9.17, 15) is 9.59 Å². The van der Waals surface area contributed by atoms with E-state index in [1.165, 1.54) is 0 Å². The molecule has 1 aromatic carbocycles. The normalized spacial score (nSPS) is 24.7. The van der Waals surface area contributed by atoms with Crippen molar-refractivity contribution in [3.63, 3.8) is 0 Å². The van der Waals surface area contributed by atoms with Crippen molar-refractivity contribution in [1.29, 1.82) is 0 Å². The Morgan fingerprint density at radius 3 is 2.19 bits per heavy atom. The summed E-state index contributed by atoms with van der Waals surface area (Å²) in [6.07, 6.45) is -0.679. The molecule has 0 amide bonds. The largest absolute Gasteiger partial charge is 0.451 e. The predicted molar refractivity (Wildman–Crippen MR) is 59.5 cm³/mol. The molecule has 0 aromatic heterocycles.